The van der Waals surface area contributed by atoms with Crippen LogP contribution in [0.1, 0.15) is 17.4 Å². The van der Waals surface area contributed by atoms with E-state index in [2.05, 4.69) is 20.4 Å². The van der Waals surface area contributed by atoms with Gasteiger partial charge in [-0.15, -0.1) is 0 Å². The predicted octanol–water partition coefficient (Wildman–Crippen LogP) is 2.46. The summed E-state index contributed by atoms with van der Waals surface area (Å²) in [6.07, 6.45) is -1.69. The van der Waals surface area contributed by atoms with Crippen molar-refractivity contribution in [3.63, 3.8) is 0 Å². The van der Waals surface area contributed by atoms with Gasteiger partial charge in [-0.25, -0.2) is 9.97 Å². The van der Waals surface area contributed by atoms with Crippen molar-refractivity contribution >= 4 is 23.0 Å². The molecular formula is C14H13F3N6O. The number of aryl methyl sites for hydroxylation is 1. The van der Waals surface area contributed by atoms with Gasteiger partial charge in [0, 0.05) is 18.9 Å². The fraction of sp³-hybridized carbons (Fsp3) is 0.286. The Kier molecular flexibility index (Phi) is 3.96. The number of carbonyl (C=O) groups excluding carboxylic acids is 1. The van der Waals surface area contributed by atoms with Gasteiger partial charge in [0.05, 0.1) is 0 Å². The second-order valence-corrected chi connectivity index (χ2v) is 4.99. The molecule has 3 rings (SSSR count). The Hall–Kier alpha value is -2.91. The number of amides is 1. The SMILES string of the molecule is CCn1c(NC(=O)c2ccn(CC(F)(F)F)n2)nc2cccnc21. The number of hydrogen-bond donors (Lipinski definition) is 1. The number of fused-ring (bicyclic) bond motifs is 1. The third kappa shape index (κ3) is 3.21. The van der Waals surface area contributed by atoms with Crippen molar-refractivity contribution in [3.8, 4) is 0 Å². The van der Waals surface area contributed by atoms with Crippen molar-refractivity contribution in [2.75, 3.05) is 5.32 Å². The number of nitrogens with one attached hydrogen (secondary N) is 1. The van der Waals surface area contributed by atoms with E-state index >= 15 is 0 Å². The van der Waals surface area contributed by atoms with E-state index in [0.717, 1.165) is 6.20 Å². The molecule has 0 unspecified atom stereocenters. The first kappa shape index (κ1) is 16.0. The maximum Gasteiger partial charge on any atom is 0.408 e. The molecule has 1 N–H and O–H groups in total. The lowest BCUT2D eigenvalue weighted by Crippen LogP contribution is -2.20. The molecule has 24 heavy (non-hydrogen) atoms. The monoisotopic (exact) mass is 338 g/mol. The Labute approximate surface area is 134 Å². The number of rotatable bonds is 4. The molecule has 126 valence electrons. The fourth-order valence-corrected chi connectivity index (χ4v) is 2.27. The fourth-order valence-electron chi connectivity index (χ4n) is 2.27. The van der Waals surface area contributed by atoms with Gasteiger partial charge < -0.3 is 0 Å². The normalized spacial score (nSPS) is 11.8. The number of nitrogens with zero attached hydrogens (tertiary/aromatic N) is 5. The largest absolute Gasteiger partial charge is 0.408 e. The average Bonchev–Trinajstić information content (AvgIpc) is 3.09. The maximum absolute atomic E-state index is 12.3. The van der Waals surface area contributed by atoms with Crippen LogP contribution in [0, 0.1) is 0 Å². The minimum atomic E-state index is -4.40. The third-order valence-electron chi connectivity index (χ3n) is 3.26. The molecule has 0 radical (unpaired) electrons. The van der Waals surface area contributed by atoms with Crippen LogP contribution in [0.15, 0.2) is 30.6 Å². The van der Waals surface area contributed by atoms with E-state index in [1.54, 1.807) is 22.9 Å². The van der Waals surface area contributed by atoms with E-state index in [4.69, 9.17) is 0 Å². The molecule has 0 aliphatic rings. The zero-order valence-corrected chi connectivity index (χ0v) is 12.6. The van der Waals surface area contributed by atoms with E-state index in [9.17, 15) is 18.0 Å². The molecule has 0 aromatic carbocycles. The van der Waals surface area contributed by atoms with Crippen molar-refractivity contribution < 1.29 is 18.0 Å². The molecule has 0 bridgehead atoms. The highest BCUT2D eigenvalue weighted by Gasteiger charge is 2.28. The molecule has 0 saturated heterocycles. The van der Waals surface area contributed by atoms with Crippen LogP contribution in [-0.4, -0.2) is 36.4 Å². The average molecular weight is 338 g/mol. The Morgan fingerprint density at radius 1 is 1.33 bits per heavy atom. The Balaban J connectivity index is 1.82. The number of pyridine rings is 1. The highest BCUT2D eigenvalue weighted by atomic mass is 19.4. The molecule has 10 heteroatoms. The van der Waals surface area contributed by atoms with E-state index < -0.39 is 18.6 Å². The van der Waals surface area contributed by atoms with Crippen molar-refractivity contribution in [2.24, 2.45) is 0 Å². The Morgan fingerprint density at radius 3 is 2.83 bits per heavy atom. The van der Waals surface area contributed by atoms with E-state index in [0.29, 0.717) is 22.4 Å². The second-order valence-electron chi connectivity index (χ2n) is 4.99. The molecule has 0 fully saturated rings. The summed E-state index contributed by atoms with van der Waals surface area (Å²) in [6.45, 7) is 1.13. The standard InChI is InChI=1S/C14H13F3N6O/c1-2-23-11-9(4-3-6-18-11)19-13(23)20-12(24)10-5-7-22(21-10)8-14(15,16)17/h3-7H,2,8H2,1H3,(H,19,20,24). The highest BCUT2D eigenvalue weighted by Crippen LogP contribution is 2.19. The first-order valence-corrected chi connectivity index (χ1v) is 7.10. The number of halogens is 3. The van der Waals surface area contributed by atoms with Gasteiger partial charge in [0.1, 0.15) is 12.1 Å². The van der Waals surface area contributed by atoms with Gasteiger partial charge >= 0.3 is 6.18 Å². The quantitative estimate of drug-likeness (QED) is 0.793. The topological polar surface area (TPSA) is 77.6 Å². The number of imidazole rings is 1. The van der Waals surface area contributed by atoms with Gasteiger partial charge in [-0.05, 0) is 25.1 Å². The summed E-state index contributed by atoms with van der Waals surface area (Å²) < 4.78 is 39.4. The lowest BCUT2D eigenvalue weighted by Gasteiger charge is -2.06. The van der Waals surface area contributed by atoms with E-state index in [1.807, 2.05) is 6.92 Å². The highest BCUT2D eigenvalue weighted by molar-refractivity contribution is 6.02. The number of carbonyl (C=O) groups is 1. The third-order valence-corrected chi connectivity index (χ3v) is 3.26. The summed E-state index contributed by atoms with van der Waals surface area (Å²) in [7, 11) is 0. The van der Waals surface area contributed by atoms with Gasteiger partial charge in [0.25, 0.3) is 5.91 Å². The van der Waals surface area contributed by atoms with Crippen LogP contribution >= 0.6 is 0 Å². The molecule has 0 spiro atoms. The second kappa shape index (κ2) is 5.95. The van der Waals surface area contributed by atoms with Gasteiger partial charge in [-0.2, -0.15) is 18.3 Å². The zero-order valence-electron chi connectivity index (χ0n) is 12.6. The maximum atomic E-state index is 12.3. The van der Waals surface area contributed by atoms with Crippen LogP contribution < -0.4 is 5.32 Å². The first-order valence-electron chi connectivity index (χ1n) is 7.10. The minimum Gasteiger partial charge on any atom is -0.295 e. The molecule has 7 nitrogen and oxygen atoms in total. The Bertz CT molecular complexity index is 882. The van der Waals surface area contributed by atoms with Gasteiger partial charge in [-0.1, -0.05) is 0 Å². The Morgan fingerprint density at radius 2 is 2.12 bits per heavy atom. The molecule has 1 amide bonds. The number of hydrogen-bond acceptors (Lipinski definition) is 4. The number of anilines is 1. The van der Waals surface area contributed by atoms with Crippen molar-refractivity contribution in [1.29, 1.82) is 0 Å². The number of aromatic nitrogens is 5. The molecule has 3 aromatic rings. The summed E-state index contributed by atoms with van der Waals surface area (Å²) in [5.74, 6) is -0.373. The smallest absolute Gasteiger partial charge is 0.295 e. The summed E-state index contributed by atoms with van der Waals surface area (Å²) in [4.78, 5) is 20.7. The van der Waals surface area contributed by atoms with Crippen molar-refractivity contribution in [3.05, 3.63) is 36.3 Å². The molecular weight excluding hydrogens is 325 g/mol. The van der Waals surface area contributed by atoms with E-state index in [1.165, 1.54) is 6.07 Å². The summed E-state index contributed by atoms with van der Waals surface area (Å²) in [5, 5.41) is 6.19. The van der Waals surface area contributed by atoms with Crippen LogP contribution in [0.2, 0.25) is 0 Å². The lowest BCUT2D eigenvalue weighted by atomic mass is 10.4. The molecule has 0 aliphatic carbocycles. The zero-order chi connectivity index (χ0) is 17.3. The molecule has 0 saturated carbocycles. The summed E-state index contributed by atoms with van der Waals surface area (Å²) in [6, 6.07) is 4.69. The van der Waals surface area contributed by atoms with Crippen LogP contribution in [0.4, 0.5) is 19.1 Å². The molecule has 0 aliphatic heterocycles. The predicted molar refractivity (Wildman–Crippen MR) is 79.4 cm³/mol. The van der Waals surface area contributed by atoms with Gasteiger partial charge in [0.2, 0.25) is 5.95 Å². The first-order chi connectivity index (χ1) is 11.4. The molecule has 3 aromatic heterocycles. The van der Waals surface area contributed by atoms with Gasteiger partial charge in [0.15, 0.2) is 11.3 Å². The van der Waals surface area contributed by atoms with Crippen LogP contribution in [0.25, 0.3) is 11.2 Å². The van der Waals surface area contributed by atoms with Crippen LogP contribution in [0.3, 0.4) is 0 Å². The van der Waals surface area contributed by atoms with Crippen molar-refractivity contribution in [1.82, 2.24) is 24.3 Å². The minimum absolute atomic E-state index is 0.123. The molecule has 0 atom stereocenters. The van der Waals surface area contributed by atoms with Crippen LogP contribution in [0.5, 0.6) is 0 Å². The van der Waals surface area contributed by atoms with Crippen molar-refractivity contribution in [2.45, 2.75) is 26.2 Å². The van der Waals surface area contributed by atoms with Crippen LogP contribution in [-0.2, 0) is 13.1 Å². The van der Waals surface area contributed by atoms with E-state index in [-0.39, 0.29) is 11.6 Å². The number of alkyl halides is 3. The molecule has 3 heterocycles. The van der Waals surface area contributed by atoms with Gasteiger partial charge in [-0.3, -0.25) is 19.4 Å². The lowest BCUT2D eigenvalue weighted by molar-refractivity contribution is -0.142. The summed E-state index contributed by atoms with van der Waals surface area (Å²) in [5.41, 5.74) is 1.09. The summed E-state index contributed by atoms with van der Waals surface area (Å²) >= 11 is 0.